The van der Waals surface area contributed by atoms with Gasteiger partial charge in [0.1, 0.15) is 23.3 Å². The van der Waals surface area contributed by atoms with E-state index >= 15 is 0 Å². The van der Waals surface area contributed by atoms with Crippen molar-refractivity contribution < 1.29 is 9.59 Å². The molecule has 3 aromatic rings. The average molecular weight is 358 g/mol. The highest BCUT2D eigenvalue weighted by Crippen LogP contribution is 2.55. The van der Waals surface area contributed by atoms with Crippen molar-refractivity contribution in [1.82, 2.24) is 14.9 Å². The van der Waals surface area contributed by atoms with E-state index < -0.39 is 17.5 Å². The van der Waals surface area contributed by atoms with E-state index in [2.05, 4.69) is 15.6 Å². The summed E-state index contributed by atoms with van der Waals surface area (Å²) in [5.74, 6) is 0.0447. The molecule has 1 fully saturated rings. The maximum absolute atomic E-state index is 13.1. The molecule has 2 bridgehead atoms. The lowest BCUT2D eigenvalue weighted by atomic mass is 9.65. The second kappa shape index (κ2) is 4.62. The molecule has 4 aliphatic heterocycles. The number of para-hydroxylation sites is 2. The zero-order chi connectivity index (χ0) is 18.3. The number of anilines is 1. The second-order valence-corrected chi connectivity index (χ2v) is 7.29. The average Bonchev–Trinajstić information content (AvgIpc) is 2.95. The number of carbonyl (C=O) groups excluding carboxylic acids is 2. The van der Waals surface area contributed by atoms with Crippen LogP contribution in [0.25, 0.3) is 10.9 Å². The first-order valence-corrected chi connectivity index (χ1v) is 8.84. The van der Waals surface area contributed by atoms with Gasteiger partial charge in [-0.3, -0.25) is 19.0 Å². The summed E-state index contributed by atoms with van der Waals surface area (Å²) in [6.07, 6.45) is 0.249. The van der Waals surface area contributed by atoms with Gasteiger partial charge in [0.05, 0.1) is 10.9 Å². The molecule has 2 aromatic carbocycles. The van der Waals surface area contributed by atoms with Crippen LogP contribution in [0.4, 0.5) is 5.69 Å². The molecule has 1 saturated heterocycles. The summed E-state index contributed by atoms with van der Waals surface area (Å²) in [5.41, 5.74) is 0.980. The molecular weight excluding hydrogens is 344 g/mol. The Balaban J connectivity index is 1.69. The summed E-state index contributed by atoms with van der Waals surface area (Å²) >= 11 is 0. The summed E-state index contributed by atoms with van der Waals surface area (Å²) in [6.45, 7) is 0. The lowest BCUT2D eigenvalue weighted by Crippen LogP contribution is -2.63. The Labute approximate surface area is 153 Å². The third kappa shape index (κ3) is 1.58. The number of nitrogens with one attached hydrogen (secondary N) is 2. The fraction of sp³-hybridized carbons (Fsp3) is 0.200. The fourth-order valence-electron chi connectivity index (χ4n) is 4.87. The molecule has 3 atom stereocenters. The molecule has 1 spiro atoms. The highest BCUT2D eigenvalue weighted by atomic mass is 16.2. The van der Waals surface area contributed by atoms with Gasteiger partial charge < -0.3 is 10.6 Å². The van der Waals surface area contributed by atoms with Crippen LogP contribution in [-0.2, 0) is 15.0 Å². The molecule has 7 heteroatoms. The molecule has 0 radical (unpaired) electrons. The van der Waals surface area contributed by atoms with E-state index in [-0.39, 0.29) is 23.8 Å². The van der Waals surface area contributed by atoms with Crippen molar-refractivity contribution in [2.45, 2.75) is 23.9 Å². The van der Waals surface area contributed by atoms with Crippen LogP contribution in [0.15, 0.2) is 53.3 Å². The van der Waals surface area contributed by atoms with Crippen LogP contribution >= 0.6 is 0 Å². The molecule has 2 amide bonds. The first-order chi connectivity index (χ1) is 13.1. The van der Waals surface area contributed by atoms with E-state index in [9.17, 15) is 14.4 Å². The summed E-state index contributed by atoms with van der Waals surface area (Å²) in [7, 11) is 0. The van der Waals surface area contributed by atoms with Gasteiger partial charge in [-0.1, -0.05) is 30.3 Å². The van der Waals surface area contributed by atoms with Crippen LogP contribution in [0.1, 0.15) is 29.9 Å². The third-order valence-corrected chi connectivity index (χ3v) is 6.06. The molecule has 0 unspecified atom stereocenters. The lowest BCUT2D eigenvalue weighted by molar-refractivity contribution is -0.136. The Kier molecular flexibility index (Phi) is 2.51. The van der Waals surface area contributed by atoms with Crippen molar-refractivity contribution in [3.8, 4) is 0 Å². The third-order valence-electron chi connectivity index (χ3n) is 6.06. The fourth-order valence-corrected chi connectivity index (χ4v) is 4.87. The number of hydrogen-bond donors (Lipinski definition) is 2. The van der Waals surface area contributed by atoms with E-state index in [1.54, 1.807) is 18.2 Å². The highest BCUT2D eigenvalue weighted by Gasteiger charge is 2.62. The minimum Gasteiger partial charge on any atom is -0.343 e. The van der Waals surface area contributed by atoms with Crippen molar-refractivity contribution in [2.24, 2.45) is 0 Å². The topological polar surface area (TPSA) is 93.1 Å². The smallest absolute Gasteiger partial charge is 0.262 e. The van der Waals surface area contributed by atoms with Crippen LogP contribution in [0.5, 0.6) is 0 Å². The number of nitrogens with zero attached hydrogens (tertiary/aromatic N) is 2. The number of fused-ring (bicyclic) bond motifs is 3. The van der Waals surface area contributed by atoms with Crippen LogP contribution in [-0.4, -0.2) is 21.4 Å². The number of hydrogen-bond acceptors (Lipinski definition) is 4. The van der Waals surface area contributed by atoms with Gasteiger partial charge in [-0.25, -0.2) is 4.98 Å². The van der Waals surface area contributed by atoms with Crippen molar-refractivity contribution in [2.75, 3.05) is 5.32 Å². The number of aromatic nitrogens is 2. The molecule has 5 heterocycles. The molecular formula is C20H14N4O3. The van der Waals surface area contributed by atoms with Gasteiger partial charge in [0.25, 0.3) is 5.56 Å². The van der Waals surface area contributed by atoms with Gasteiger partial charge in [0, 0.05) is 5.69 Å². The van der Waals surface area contributed by atoms with Gasteiger partial charge in [0.15, 0.2) is 0 Å². The van der Waals surface area contributed by atoms with Crippen molar-refractivity contribution in [1.29, 1.82) is 0 Å². The first kappa shape index (κ1) is 14.7. The SMILES string of the molecule is O=C1N[C@@H]2c3nc4ccccc4c(=O)n3[C@H]1C[C@@]21C(=O)Nc2ccccc21. The summed E-state index contributed by atoms with van der Waals surface area (Å²) in [4.78, 5) is 43.5. The summed E-state index contributed by atoms with van der Waals surface area (Å²) in [5, 5.41) is 6.36. The van der Waals surface area contributed by atoms with Gasteiger partial charge in [-0.2, -0.15) is 0 Å². The van der Waals surface area contributed by atoms with Crippen LogP contribution in [0.2, 0.25) is 0 Å². The minimum atomic E-state index is -0.947. The monoisotopic (exact) mass is 358 g/mol. The van der Waals surface area contributed by atoms with Gasteiger partial charge in [-0.15, -0.1) is 0 Å². The van der Waals surface area contributed by atoms with Crippen LogP contribution in [0.3, 0.4) is 0 Å². The zero-order valence-corrected chi connectivity index (χ0v) is 14.1. The van der Waals surface area contributed by atoms with Crippen LogP contribution < -0.4 is 16.2 Å². The molecule has 7 nitrogen and oxygen atoms in total. The van der Waals surface area contributed by atoms with Gasteiger partial charge in [-0.05, 0) is 30.2 Å². The van der Waals surface area contributed by atoms with E-state index in [0.29, 0.717) is 16.7 Å². The molecule has 27 heavy (non-hydrogen) atoms. The van der Waals surface area contributed by atoms with Crippen LogP contribution in [0, 0.1) is 0 Å². The molecule has 4 aliphatic rings. The van der Waals surface area contributed by atoms with E-state index in [1.807, 2.05) is 30.3 Å². The molecule has 2 N–H and O–H groups in total. The van der Waals surface area contributed by atoms with Crippen molar-refractivity contribution in [3.05, 3.63) is 70.3 Å². The zero-order valence-electron chi connectivity index (χ0n) is 14.1. The summed E-state index contributed by atoms with van der Waals surface area (Å²) < 4.78 is 1.48. The maximum atomic E-state index is 13.1. The molecule has 132 valence electrons. The maximum Gasteiger partial charge on any atom is 0.262 e. The Morgan fingerprint density at radius 3 is 2.70 bits per heavy atom. The predicted molar refractivity (Wildman–Crippen MR) is 97.3 cm³/mol. The quantitative estimate of drug-likeness (QED) is 0.635. The molecule has 1 aromatic heterocycles. The predicted octanol–water partition coefficient (Wildman–Crippen LogP) is 1.40. The van der Waals surface area contributed by atoms with Gasteiger partial charge in [0.2, 0.25) is 11.8 Å². The number of carbonyl (C=O) groups is 2. The Bertz CT molecular complexity index is 1250. The van der Waals surface area contributed by atoms with E-state index in [1.165, 1.54) is 4.57 Å². The minimum absolute atomic E-state index is 0.160. The first-order valence-electron chi connectivity index (χ1n) is 8.84. The standard InChI is InChI=1S/C20H14N4O3/c25-17-14-9-20(11-6-2-4-8-13(11)22-19(20)27)15(23-17)16-21-12-7-3-1-5-10(12)18(26)24(14)16/h1-8,14-15H,9H2,(H,22,27)(H,23,25)/t14-,15+,20-/m0/s1. The van der Waals surface area contributed by atoms with Crippen molar-refractivity contribution >= 4 is 28.4 Å². The number of piperidine rings is 1. The number of rotatable bonds is 0. The lowest BCUT2D eigenvalue weighted by Gasteiger charge is -2.48. The molecule has 0 saturated carbocycles. The van der Waals surface area contributed by atoms with E-state index in [4.69, 9.17) is 0 Å². The molecule has 0 aliphatic carbocycles. The Morgan fingerprint density at radius 2 is 1.81 bits per heavy atom. The Hall–Kier alpha value is -3.48. The normalized spacial score (nSPS) is 27.4. The number of amides is 2. The van der Waals surface area contributed by atoms with E-state index in [0.717, 1.165) is 11.3 Å². The van der Waals surface area contributed by atoms with Gasteiger partial charge >= 0.3 is 0 Å². The van der Waals surface area contributed by atoms with Crippen molar-refractivity contribution in [3.63, 3.8) is 0 Å². The summed E-state index contributed by atoms with van der Waals surface area (Å²) in [6, 6.07) is 13.1. The number of benzene rings is 2. The highest BCUT2D eigenvalue weighted by molar-refractivity contribution is 6.08. The molecule has 7 rings (SSSR count). The second-order valence-electron chi connectivity index (χ2n) is 7.29. The Morgan fingerprint density at radius 1 is 1.04 bits per heavy atom. The largest absolute Gasteiger partial charge is 0.343 e.